The molecule has 1 rings (SSSR count). The molecule has 1 aromatic rings. The van der Waals surface area contributed by atoms with Gasteiger partial charge in [-0.15, -0.1) is 0 Å². The lowest BCUT2D eigenvalue weighted by atomic mass is 9.89. The van der Waals surface area contributed by atoms with E-state index in [1.54, 1.807) is 12.1 Å². The van der Waals surface area contributed by atoms with Crippen molar-refractivity contribution < 1.29 is 5.11 Å². The maximum atomic E-state index is 10.2. The Labute approximate surface area is 116 Å². The van der Waals surface area contributed by atoms with Crippen molar-refractivity contribution in [3.63, 3.8) is 0 Å². The lowest BCUT2D eigenvalue weighted by Crippen LogP contribution is -2.45. The van der Waals surface area contributed by atoms with Crippen LogP contribution in [0.25, 0.3) is 0 Å². The summed E-state index contributed by atoms with van der Waals surface area (Å²) in [5.41, 5.74) is 1.59. The Hall–Kier alpha value is -1.37. The van der Waals surface area contributed by atoms with Crippen LogP contribution in [-0.4, -0.2) is 17.2 Å². The van der Waals surface area contributed by atoms with Crippen molar-refractivity contribution in [1.82, 2.24) is 5.32 Å². The molecule has 0 saturated carbocycles. The number of nitrogens with one attached hydrogen (secondary N) is 1. The lowest BCUT2D eigenvalue weighted by molar-refractivity contribution is 0.150. The van der Waals surface area contributed by atoms with Gasteiger partial charge in [0.05, 0.1) is 17.7 Å². The summed E-state index contributed by atoms with van der Waals surface area (Å²) in [5, 5.41) is 22.4. The van der Waals surface area contributed by atoms with Gasteiger partial charge < -0.3 is 10.4 Å². The predicted molar refractivity (Wildman–Crippen MR) is 77.7 cm³/mol. The summed E-state index contributed by atoms with van der Waals surface area (Å²) in [7, 11) is 0. The molecule has 3 nitrogen and oxygen atoms in total. The van der Waals surface area contributed by atoms with Crippen molar-refractivity contribution in [2.24, 2.45) is 0 Å². The lowest BCUT2D eigenvalue weighted by Gasteiger charge is -2.33. The molecule has 0 aromatic heterocycles. The molecule has 0 heterocycles. The Morgan fingerprint density at radius 1 is 1.16 bits per heavy atom. The third-order valence-corrected chi connectivity index (χ3v) is 4.13. The van der Waals surface area contributed by atoms with E-state index < -0.39 is 6.10 Å². The highest BCUT2D eigenvalue weighted by Gasteiger charge is 2.24. The van der Waals surface area contributed by atoms with E-state index in [4.69, 9.17) is 5.26 Å². The second kappa shape index (κ2) is 7.28. The molecule has 0 amide bonds. The standard InChI is InChI=1S/C16H24N2O/c1-4-16(5-2,6-3)18-12-15(19)14-9-7-13(11-17)8-10-14/h7-10,15,18-19H,4-6,12H2,1-3H3. The molecule has 19 heavy (non-hydrogen) atoms. The molecule has 0 aliphatic heterocycles. The largest absolute Gasteiger partial charge is 0.387 e. The number of nitriles is 1. The number of benzene rings is 1. The third kappa shape index (κ3) is 4.05. The summed E-state index contributed by atoms with van der Waals surface area (Å²) in [6.45, 7) is 7.07. The number of aliphatic hydroxyl groups excluding tert-OH is 1. The van der Waals surface area contributed by atoms with Gasteiger partial charge in [0.1, 0.15) is 0 Å². The van der Waals surface area contributed by atoms with Gasteiger partial charge >= 0.3 is 0 Å². The van der Waals surface area contributed by atoms with Crippen LogP contribution in [0.3, 0.4) is 0 Å². The maximum absolute atomic E-state index is 10.2. The molecule has 0 spiro atoms. The molecule has 1 unspecified atom stereocenters. The van der Waals surface area contributed by atoms with Gasteiger partial charge in [0.25, 0.3) is 0 Å². The molecule has 2 N–H and O–H groups in total. The monoisotopic (exact) mass is 260 g/mol. The highest BCUT2D eigenvalue weighted by atomic mass is 16.3. The average molecular weight is 260 g/mol. The summed E-state index contributed by atoms with van der Waals surface area (Å²) >= 11 is 0. The Bertz CT molecular complexity index is 407. The molecule has 0 bridgehead atoms. The number of aliphatic hydroxyl groups is 1. The van der Waals surface area contributed by atoms with Crippen LogP contribution in [0.15, 0.2) is 24.3 Å². The zero-order valence-electron chi connectivity index (χ0n) is 12.1. The van der Waals surface area contributed by atoms with Gasteiger partial charge in [-0.25, -0.2) is 0 Å². The Balaban J connectivity index is 2.64. The van der Waals surface area contributed by atoms with Crippen LogP contribution in [-0.2, 0) is 0 Å². The van der Waals surface area contributed by atoms with E-state index in [9.17, 15) is 5.11 Å². The summed E-state index contributed by atoms with van der Waals surface area (Å²) in [5.74, 6) is 0. The van der Waals surface area contributed by atoms with Crippen molar-refractivity contribution in [2.75, 3.05) is 6.54 Å². The van der Waals surface area contributed by atoms with Crippen LogP contribution >= 0.6 is 0 Å². The molecule has 104 valence electrons. The van der Waals surface area contributed by atoms with Crippen LogP contribution < -0.4 is 5.32 Å². The van der Waals surface area contributed by atoms with Crippen molar-refractivity contribution in [2.45, 2.75) is 51.7 Å². The summed E-state index contributed by atoms with van der Waals surface area (Å²) in [6, 6.07) is 9.19. The number of β-amino-alcohol motifs (C(OH)–C–C–N with tert-alkyl or cyclic N) is 1. The fourth-order valence-electron chi connectivity index (χ4n) is 2.34. The first-order valence-corrected chi connectivity index (χ1v) is 7.04. The van der Waals surface area contributed by atoms with E-state index in [2.05, 4.69) is 32.2 Å². The fraction of sp³-hybridized carbons (Fsp3) is 0.562. The average Bonchev–Trinajstić information content (AvgIpc) is 2.49. The van der Waals surface area contributed by atoms with Gasteiger partial charge in [-0.05, 0) is 37.0 Å². The minimum absolute atomic E-state index is 0.119. The van der Waals surface area contributed by atoms with E-state index in [0.717, 1.165) is 24.8 Å². The maximum Gasteiger partial charge on any atom is 0.0991 e. The number of nitrogens with zero attached hydrogens (tertiary/aromatic N) is 1. The second-order valence-electron chi connectivity index (χ2n) is 4.97. The number of hydrogen-bond donors (Lipinski definition) is 2. The van der Waals surface area contributed by atoms with E-state index in [0.29, 0.717) is 12.1 Å². The van der Waals surface area contributed by atoms with E-state index in [1.807, 2.05) is 12.1 Å². The molecule has 1 atom stereocenters. The van der Waals surface area contributed by atoms with Gasteiger partial charge in [0.2, 0.25) is 0 Å². The first-order valence-electron chi connectivity index (χ1n) is 7.04. The smallest absolute Gasteiger partial charge is 0.0991 e. The molecule has 0 radical (unpaired) electrons. The summed E-state index contributed by atoms with van der Waals surface area (Å²) < 4.78 is 0. The first-order chi connectivity index (χ1) is 9.10. The molecular formula is C16H24N2O. The van der Waals surface area contributed by atoms with Gasteiger partial charge in [-0.3, -0.25) is 0 Å². The second-order valence-corrected chi connectivity index (χ2v) is 4.97. The van der Waals surface area contributed by atoms with Crippen molar-refractivity contribution >= 4 is 0 Å². The van der Waals surface area contributed by atoms with Gasteiger partial charge in [0, 0.05) is 12.1 Å². The quantitative estimate of drug-likeness (QED) is 0.792. The number of hydrogen-bond acceptors (Lipinski definition) is 3. The molecule has 0 saturated heterocycles. The summed E-state index contributed by atoms with van der Waals surface area (Å²) in [4.78, 5) is 0. The van der Waals surface area contributed by atoms with Crippen LogP contribution in [0.2, 0.25) is 0 Å². The van der Waals surface area contributed by atoms with Crippen LogP contribution in [0, 0.1) is 11.3 Å². The summed E-state index contributed by atoms with van der Waals surface area (Å²) in [6.07, 6.45) is 2.64. The van der Waals surface area contributed by atoms with Crippen LogP contribution in [0.4, 0.5) is 0 Å². The minimum Gasteiger partial charge on any atom is -0.387 e. The van der Waals surface area contributed by atoms with Crippen molar-refractivity contribution in [3.05, 3.63) is 35.4 Å². The topological polar surface area (TPSA) is 56.0 Å². The van der Waals surface area contributed by atoms with E-state index >= 15 is 0 Å². The van der Waals surface area contributed by atoms with Crippen molar-refractivity contribution in [3.8, 4) is 6.07 Å². The highest BCUT2D eigenvalue weighted by Crippen LogP contribution is 2.21. The Morgan fingerprint density at radius 2 is 1.68 bits per heavy atom. The highest BCUT2D eigenvalue weighted by molar-refractivity contribution is 5.32. The molecule has 1 aromatic carbocycles. The molecule has 0 aliphatic rings. The normalized spacial score (nSPS) is 13.0. The van der Waals surface area contributed by atoms with Crippen molar-refractivity contribution in [1.29, 1.82) is 5.26 Å². The minimum atomic E-state index is -0.531. The Morgan fingerprint density at radius 3 is 2.11 bits per heavy atom. The SMILES string of the molecule is CCC(CC)(CC)NCC(O)c1ccc(C#N)cc1. The zero-order chi connectivity index (χ0) is 14.3. The van der Waals surface area contributed by atoms with Crippen LogP contribution in [0.5, 0.6) is 0 Å². The first kappa shape index (κ1) is 15.7. The zero-order valence-corrected chi connectivity index (χ0v) is 12.1. The van der Waals surface area contributed by atoms with Gasteiger partial charge in [-0.2, -0.15) is 5.26 Å². The Kier molecular flexibility index (Phi) is 6.01. The molecule has 3 heteroatoms. The van der Waals surface area contributed by atoms with Crippen LogP contribution in [0.1, 0.15) is 57.3 Å². The fourth-order valence-corrected chi connectivity index (χ4v) is 2.34. The molecular weight excluding hydrogens is 236 g/mol. The van der Waals surface area contributed by atoms with Gasteiger partial charge in [0.15, 0.2) is 0 Å². The predicted octanol–water partition coefficient (Wildman–Crippen LogP) is 3.15. The molecule has 0 aliphatic carbocycles. The van der Waals surface area contributed by atoms with E-state index in [1.165, 1.54) is 0 Å². The number of rotatable bonds is 7. The van der Waals surface area contributed by atoms with Gasteiger partial charge in [-0.1, -0.05) is 32.9 Å². The van der Waals surface area contributed by atoms with E-state index in [-0.39, 0.29) is 5.54 Å². The molecule has 0 fully saturated rings. The third-order valence-electron chi connectivity index (χ3n) is 4.13.